The summed E-state index contributed by atoms with van der Waals surface area (Å²) < 4.78 is 11.6. The summed E-state index contributed by atoms with van der Waals surface area (Å²) in [5.41, 5.74) is 1.40. The van der Waals surface area contributed by atoms with Crippen LogP contribution in [0.4, 0.5) is 0 Å². The highest BCUT2D eigenvalue weighted by atomic mass is 16.5. The lowest BCUT2D eigenvalue weighted by Gasteiger charge is -2.16. The van der Waals surface area contributed by atoms with Crippen molar-refractivity contribution in [1.82, 2.24) is 25.1 Å². The lowest BCUT2D eigenvalue weighted by atomic mass is 10.1. The van der Waals surface area contributed by atoms with Crippen LogP contribution in [0.25, 0.3) is 16.9 Å². The van der Waals surface area contributed by atoms with Gasteiger partial charge in [-0.3, -0.25) is 4.79 Å². The van der Waals surface area contributed by atoms with Gasteiger partial charge in [-0.2, -0.15) is 9.78 Å². The number of aromatic nitrogens is 4. The minimum absolute atomic E-state index is 0.0695. The molecule has 0 saturated heterocycles. The van der Waals surface area contributed by atoms with E-state index in [2.05, 4.69) is 20.4 Å². The number of aromatic hydroxyl groups is 1. The zero-order valence-electron chi connectivity index (χ0n) is 16.1. The van der Waals surface area contributed by atoms with Crippen molar-refractivity contribution in [3.05, 3.63) is 48.4 Å². The summed E-state index contributed by atoms with van der Waals surface area (Å²) in [4.78, 5) is 20.8. The van der Waals surface area contributed by atoms with Crippen LogP contribution in [0.3, 0.4) is 0 Å². The van der Waals surface area contributed by atoms with Gasteiger partial charge < -0.3 is 19.9 Å². The second-order valence-electron chi connectivity index (χ2n) is 6.95. The summed E-state index contributed by atoms with van der Waals surface area (Å²) in [7, 11) is 3.15. The largest absolute Gasteiger partial charge is 0.493 e. The van der Waals surface area contributed by atoms with E-state index >= 15 is 0 Å². The molecule has 0 aliphatic heterocycles. The molecule has 1 aliphatic rings. The zero-order valence-corrected chi connectivity index (χ0v) is 16.1. The molecule has 150 valence electrons. The molecule has 3 aromatic rings. The number of carbonyl (C=O) groups is 1. The quantitative estimate of drug-likeness (QED) is 0.629. The minimum Gasteiger partial charge on any atom is -0.493 e. The lowest BCUT2D eigenvalue weighted by molar-refractivity contribution is 0.0881. The van der Waals surface area contributed by atoms with E-state index in [-0.39, 0.29) is 17.3 Å². The van der Waals surface area contributed by atoms with Gasteiger partial charge in [0.2, 0.25) is 11.8 Å². The summed E-state index contributed by atoms with van der Waals surface area (Å²) >= 11 is 0. The van der Waals surface area contributed by atoms with Gasteiger partial charge in [-0.05, 0) is 36.6 Å². The normalized spacial score (nSPS) is 14.4. The van der Waals surface area contributed by atoms with E-state index in [1.165, 1.54) is 24.2 Å². The summed E-state index contributed by atoms with van der Waals surface area (Å²) in [6.45, 7) is 0.494. The average Bonchev–Trinajstić information content (AvgIpc) is 3.38. The van der Waals surface area contributed by atoms with Crippen molar-refractivity contribution in [3.8, 4) is 28.7 Å². The molecule has 1 saturated carbocycles. The highest BCUT2D eigenvalue weighted by Gasteiger charge is 2.44. The van der Waals surface area contributed by atoms with Gasteiger partial charge in [0.15, 0.2) is 5.82 Å². The molecule has 1 amide bonds. The van der Waals surface area contributed by atoms with E-state index in [0.29, 0.717) is 35.0 Å². The van der Waals surface area contributed by atoms with Crippen molar-refractivity contribution >= 4 is 5.91 Å². The number of hydrogen-bond acceptors (Lipinski definition) is 7. The topological polar surface area (TPSA) is 111 Å². The van der Waals surface area contributed by atoms with Crippen LogP contribution in [0.5, 0.6) is 11.8 Å². The van der Waals surface area contributed by atoms with E-state index in [4.69, 9.17) is 9.47 Å². The van der Waals surface area contributed by atoms with Crippen molar-refractivity contribution in [2.24, 2.45) is 0 Å². The van der Waals surface area contributed by atoms with Crippen LogP contribution < -0.4 is 10.1 Å². The van der Waals surface area contributed by atoms with Gasteiger partial charge in [-0.25, -0.2) is 9.97 Å². The Morgan fingerprint density at radius 2 is 2.07 bits per heavy atom. The first-order valence-corrected chi connectivity index (χ1v) is 9.10. The number of hydrogen-bond donors (Lipinski definition) is 2. The highest BCUT2D eigenvalue weighted by molar-refractivity contribution is 5.94. The van der Waals surface area contributed by atoms with Crippen LogP contribution in [-0.2, 0) is 4.74 Å². The molecule has 0 radical (unpaired) electrons. The van der Waals surface area contributed by atoms with Crippen LogP contribution in [-0.4, -0.2) is 57.1 Å². The molecule has 3 aromatic heterocycles. The number of pyridine rings is 2. The van der Waals surface area contributed by atoms with Gasteiger partial charge in [0.05, 0.1) is 36.6 Å². The monoisotopic (exact) mass is 395 g/mol. The first-order chi connectivity index (χ1) is 14.0. The zero-order chi connectivity index (χ0) is 20.4. The Morgan fingerprint density at radius 1 is 1.24 bits per heavy atom. The molecular formula is C20H21N5O4. The van der Waals surface area contributed by atoms with Gasteiger partial charge >= 0.3 is 0 Å². The summed E-state index contributed by atoms with van der Waals surface area (Å²) in [5, 5.41) is 17.8. The Labute approximate surface area is 167 Å². The number of carbonyl (C=O) groups excluding carboxylic acids is 1. The number of nitrogens with one attached hydrogen (secondary N) is 1. The molecule has 9 nitrogen and oxygen atoms in total. The average molecular weight is 395 g/mol. The van der Waals surface area contributed by atoms with Gasteiger partial charge in [0.25, 0.3) is 5.91 Å². The molecule has 0 bridgehead atoms. The molecule has 0 spiro atoms. The molecule has 0 atom stereocenters. The van der Waals surface area contributed by atoms with Crippen molar-refractivity contribution in [2.75, 3.05) is 20.8 Å². The number of amides is 1. The first-order valence-electron chi connectivity index (χ1n) is 9.10. The number of ether oxygens (including phenoxy) is 2. The molecule has 1 fully saturated rings. The Hall–Kier alpha value is -3.46. The minimum atomic E-state index is -0.259. The van der Waals surface area contributed by atoms with Crippen molar-refractivity contribution in [2.45, 2.75) is 18.4 Å². The lowest BCUT2D eigenvalue weighted by Crippen LogP contribution is -2.40. The molecule has 1 aliphatic carbocycles. The van der Waals surface area contributed by atoms with Gasteiger partial charge in [-0.1, -0.05) is 0 Å². The molecule has 2 N–H and O–H groups in total. The third-order valence-corrected chi connectivity index (χ3v) is 4.88. The van der Waals surface area contributed by atoms with Crippen LogP contribution in [0.1, 0.15) is 23.2 Å². The van der Waals surface area contributed by atoms with E-state index < -0.39 is 0 Å². The summed E-state index contributed by atoms with van der Waals surface area (Å²) in [5.74, 6) is 0.558. The van der Waals surface area contributed by atoms with E-state index in [1.54, 1.807) is 37.6 Å². The van der Waals surface area contributed by atoms with E-state index in [0.717, 1.165) is 12.8 Å². The van der Waals surface area contributed by atoms with Crippen molar-refractivity contribution in [3.63, 3.8) is 0 Å². The Bertz CT molecular complexity index is 1030. The third kappa shape index (κ3) is 3.77. The van der Waals surface area contributed by atoms with E-state index in [9.17, 15) is 9.90 Å². The second kappa shape index (κ2) is 7.51. The maximum atomic E-state index is 12.4. The fourth-order valence-electron chi connectivity index (χ4n) is 3.09. The number of rotatable bonds is 7. The SMILES string of the molecule is COCC1(NC(=O)c2ccc(-n3ncc(-c4ccnc(OC)c4)c3O)nc2)CC1. The van der Waals surface area contributed by atoms with E-state index in [1.807, 2.05) is 0 Å². The Balaban J connectivity index is 1.54. The molecule has 0 aromatic carbocycles. The molecular weight excluding hydrogens is 374 g/mol. The van der Waals surface area contributed by atoms with Gasteiger partial charge in [-0.15, -0.1) is 0 Å². The number of nitrogens with zero attached hydrogens (tertiary/aromatic N) is 4. The standard InChI is InChI=1S/C20H21N5O4/c1-28-12-20(6-7-20)24-18(26)14-3-4-16(22-10-14)25-19(27)15(11-23-25)13-5-8-21-17(9-13)29-2/h3-5,8-11,27H,6-7,12H2,1-2H3,(H,24,26). The van der Waals surface area contributed by atoms with Crippen LogP contribution in [0.15, 0.2) is 42.9 Å². The van der Waals surface area contributed by atoms with Crippen molar-refractivity contribution < 1.29 is 19.4 Å². The molecule has 4 rings (SSSR count). The highest BCUT2D eigenvalue weighted by Crippen LogP contribution is 2.36. The first kappa shape index (κ1) is 18.9. The Morgan fingerprint density at radius 3 is 2.72 bits per heavy atom. The molecule has 3 heterocycles. The Kier molecular flexibility index (Phi) is 4.89. The molecule has 0 unspecified atom stereocenters. The van der Waals surface area contributed by atoms with Crippen LogP contribution in [0, 0.1) is 0 Å². The fourth-order valence-corrected chi connectivity index (χ4v) is 3.09. The van der Waals surface area contributed by atoms with Crippen LogP contribution in [0.2, 0.25) is 0 Å². The van der Waals surface area contributed by atoms with Crippen molar-refractivity contribution in [1.29, 1.82) is 0 Å². The third-order valence-electron chi connectivity index (χ3n) is 4.88. The summed E-state index contributed by atoms with van der Waals surface area (Å²) in [6.07, 6.45) is 6.40. The van der Waals surface area contributed by atoms with Gasteiger partial charge in [0, 0.05) is 25.6 Å². The number of methoxy groups -OCH3 is 2. The van der Waals surface area contributed by atoms with Gasteiger partial charge in [0.1, 0.15) is 0 Å². The molecule has 9 heteroatoms. The smallest absolute Gasteiger partial charge is 0.253 e. The van der Waals surface area contributed by atoms with Crippen LogP contribution >= 0.6 is 0 Å². The maximum Gasteiger partial charge on any atom is 0.253 e. The summed E-state index contributed by atoms with van der Waals surface area (Å²) in [6, 6.07) is 6.74. The molecule has 29 heavy (non-hydrogen) atoms. The second-order valence-corrected chi connectivity index (χ2v) is 6.95. The maximum absolute atomic E-state index is 12.4. The fraction of sp³-hybridized carbons (Fsp3) is 0.300. The predicted molar refractivity (Wildman–Crippen MR) is 104 cm³/mol. The predicted octanol–water partition coefficient (Wildman–Crippen LogP) is 1.95.